The predicted octanol–water partition coefficient (Wildman–Crippen LogP) is 3.12. The summed E-state index contributed by atoms with van der Waals surface area (Å²) in [4.78, 5) is 24.6. The number of aromatic nitrogens is 1. The van der Waals surface area contributed by atoms with Gasteiger partial charge in [0.1, 0.15) is 0 Å². The number of hydrogen-bond acceptors (Lipinski definition) is 5. The van der Waals surface area contributed by atoms with E-state index in [1.165, 1.54) is 6.07 Å². The highest BCUT2D eigenvalue weighted by Crippen LogP contribution is 2.40. The van der Waals surface area contributed by atoms with Crippen molar-refractivity contribution in [3.63, 3.8) is 0 Å². The Morgan fingerprint density at radius 1 is 1.38 bits per heavy atom. The van der Waals surface area contributed by atoms with Gasteiger partial charge < -0.3 is 15.2 Å². The summed E-state index contributed by atoms with van der Waals surface area (Å²) in [6.45, 7) is 1.89. The Balaban J connectivity index is 1.62. The standard InChI is InChI=1S/C16H14F3N3O3S/c1-8-4-10(25-22-8)7-20-14(23)6-13-15(24)21-11-5-9(16(17,18)19)2-3-12(11)26-13/h2-5,13H,6-7H2,1H3,(H,20,23)(H,21,24)/t13-/m1/s1. The van der Waals surface area contributed by atoms with Crippen LogP contribution in [-0.2, 0) is 22.3 Å². The van der Waals surface area contributed by atoms with Gasteiger partial charge in [0, 0.05) is 17.4 Å². The van der Waals surface area contributed by atoms with E-state index in [1.54, 1.807) is 13.0 Å². The van der Waals surface area contributed by atoms with Crippen molar-refractivity contribution < 1.29 is 27.3 Å². The van der Waals surface area contributed by atoms with Crippen LogP contribution in [0.4, 0.5) is 18.9 Å². The van der Waals surface area contributed by atoms with Gasteiger partial charge >= 0.3 is 6.18 Å². The second-order valence-corrected chi connectivity index (χ2v) is 6.96. The lowest BCUT2D eigenvalue weighted by atomic mass is 10.1. The van der Waals surface area contributed by atoms with Crippen LogP contribution in [0.5, 0.6) is 0 Å². The van der Waals surface area contributed by atoms with E-state index >= 15 is 0 Å². The Hall–Kier alpha value is -2.49. The lowest BCUT2D eigenvalue weighted by Gasteiger charge is -2.24. The number of amides is 2. The summed E-state index contributed by atoms with van der Waals surface area (Å²) in [5, 5.41) is 8.03. The Bertz CT molecular complexity index is 851. The van der Waals surface area contributed by atoms with Gasteiger partial charge in [-0.05, 0) is 25.1 Å². The Labute approximate surface area is 150 Å². The van der Waals surface area contributed by atoms with E-state index in [-0.39, 0.29) is 24.6 Å². The predicted molar refractivity (Wildman–Crippen MR) is 87.4 cm³/mol. The van der Waals surface area contributed by atoms with Crippen molar-refractivity contribution in [2.24, 2.45) is 0 Å². The summed E-state index contributed by atoms with van der Waals surface area (Å²) in [7, 11) is 0. The third-order valence-electron chi connectivity index (χ3n) is 3.63. The van der Waals surface area contributed by atoms with E-state index in [1.807, 2.05) is 0 Å². The summed E-state index contributed by atoms with van der Waals surface area (Å²) < 4.78 is 43.2. The lowest BCUT2D eigenvalue weighted by Crippen LogP contribution is -2.34. The van der Waals surface area contributed by atoms with Crippen LogP contribution >= 0.6 is 11.8 Å². The van der Waals surface area contributed by atoms with E-state index in [0.717, 1.165) is 23.9 Å². The number of thioether (sulfide) groups is 1. The van der Waals surface area contributed by atoms with Crippen LogP contribution in [0.3, 0.4) is 0 Å². The van der Waals surface area contributed by atoms with Gasteiger partial charge in [0.15, 0.2) is 5.76 Å². The maximum atomic E-state index is 12.7. The molecule has 0 aliphatic carbocycles. The van der Waals surface area contributed by atoms with E-state index in [0.29, 0.717) is 16.3 Å². The minimum atomic E-state index is -4.49. The molecule has 2 amide bonds. The molecular formula is C16H14F3N3O3S. The molecule has 0 saturated heterocycles. The Kier molecular flexibility index (Phi) is 4.94. The number of carbonyl (C=O) groups is 2. The molecule has 1 aliphatic rings. The first-order chi connectivity index (χ1) is 12.2. The van der Waals surface area contributed by atoms with Crippen LogP contribution in [-0.4, -0.2) is 22.2 Å². The summed E-state index contributed by atoms with van der Waals surface area (Å²) in [6, 6.07) is 4.82. The number of halogens is 3. The van der Waals surface area contributed by atoms with Crippen LogP contribution in [0.1, 0.15) is 23.4 Å². The second-order valence-electron chi connectivity index (χ2n) is 5.72. The van der Waals surface area contributed by atoms with Crippen molar-refractivity contribution in [3.8, 4) is 0 Å². The van der Waals surface area contributed by atoms with Gasteiger partial charge in [-0.25, -0.2) is 0 Å². The first-order valence-electron chi connectivity index (χ1n) is 7.60. The number of alkyl halides is 3. The molecule has 1 aliphatic heterocycles. The Morgan fingerprint density at radius 3 is 2.81 bits per heavy atom. The zero-order chi connectivity index (χ0) is 18.9. The van der Waals surface area contributed by atoms with Crippen LogP contribution in [0.2, 0.25) is 0 Å². The van der Waals surface area contributed by atoms with Gasteiger partial charge in [-0.1, -0.05) is 5.16 Å². The van der Waals surface area contributed by atoms with Crippen molar-refractivity contribution >= 4 is 29.3 Å². The molecule has 26 heavy (non-hydrogen) atoms. The number of hydrogen-bond donors (Lipinski definition) is 2. The van der Waals surface area contributed by atoms with Gasteiger partial charge in [0.05, 0.1) is 28.7 Å². The van der Waals surface area contributed by atoms with Crippen LogP contribution in [0.15, 0.2) is 33.7 Å². The molecule has 2 N–H and O–H groups in total. The summed E-state index contributed by atoms with van der Waals surface area (Å²) in [5.74, 6) is -0.392. The molecule has 0 radical (unpaired) electrons. The van der Waals surface area contributed by atoms with Crippen molar-refractivity contribution in [1.82, 2.24) is 10.5 Å². The zero-order valence-corrected chi connectivity index (χ0v) is 14.3. The number of nitrogens with one attached hydrogen (secondary N) is 2. The number of rotatable bonds is 4. The third kappa shape index (κ3) is 4.18. The SMILES string of the molecule is Cc1cc(CNC(=O)C[C@H]2Sc3ccc(C(F)(F)F)cc3NC2=O)on1. The van der Waals surface area contributed by atoms with E-state index in [2.05, 4.69) is 15.8 Å². The van der Waals surface area contributed by atoms with Crippen molar-refractivity contribution in [1.29, 1.82) is 0 Å². The molecule has 3 rings (SSSR count). The summed E-state index contributed by atoms with van der Waals surface area (Å²) >= 11 is 1.06. The average Bonchev–Trinajstić information content (AvgIpc) is 2.98. The lowest BCUT2D eigenvalue weighted by molar-refractivity contribution is -0.137. The number of benzene rings is 1. The van der Waals surface area contributed by atoms with Gasteiger partial charge in [0.25, 0.3) is 0 Å². The fourth-order valence-electron chi connectivity index (χ4n) is 2.39. The minimum absolute atomic E-state index is 0.101. The molecular weight excluding hydrogens is 371 g/mol. The van der Waals surface area contributed by atoms with Gasteiger partial charge in [-0.15, -0.1) is 11.8 Å². The van der Waals surface area contributed by atoms with E-state index in [4.69, 9.17) is 4.52 Å². The molecule has 0 spiro atoms. The average molecular weight is 385 g/mol. The van der Waals surface area contributed by atoms with E-state index in [9.17, 15) is 22.8 Å². The molecule has 0 bridgehead atoms. The molecule has 1 atom stereocenters. The first-order valence-corrected chi connectivity index (χ1v) is 8.48. The number of carbonyl (C=O) groups excluding carboxylic acids is 2. The smallest absolute Gasteiger partial charge is 0.359 e. The molecule has 0 unspecified atom stereocenters. The Morgan fingerprint density at radius 2 is 2.15 bits per heavy atom. The molecule has 0 saturated carbocycles. The third-order valence-corrected chi connectivity index (χ3v) is 4.91. The van der Waals surface area contributed by atoms with Crippen LogP contribution in [0.25, 0.3) is 0 Å². The number of nitrogens with zero attached hydrogens (tertiary/aromatic N) is 1. The maximum Gasteiger partial charge on any atom is 0.416 e. The van der Waals surface area contributed by atoms with Crippen molar-refractivity contribution in [2.75, 3.05) is 5.32 Å². The van der Waals surface area contributed by atoms with Crippen molar-refractivity contribution in [2.45, 2.75) is 36.2 Å². The minimum Gasteiger partial charge on any atom is -0.359 e. The number of fused-ring (bicyclic) bond motifs is 1. The summed E-state index contributed by atoms with van der Waals surface area (Å²) in [6.07, 6.45) is -4.59. The van der Waals surface area contributed by atoms with Crippen molar-refractivity contribution in [3.05, 3.63) is 41.3 Å². The fourth-order valence-corrected chi connectivity index (χ4v) is 3.48. The highest BCUT2D eigenvalue weighted by atomic mass is 32.2. The normalized spacial score (nSPS) is 16.8. The molecule has 6 nitrogen and oxygen atoms in total. The molecule has 138 valence electrons. The molecule has 1 aromatic carbocycles. The quantitative estimate of drug-likeness (QED) is 0.845. The molecule has 2 heterocycles. The maximum absolute atomic E-state index is 12.7. The van der Waals surface area contributed by atoms with Crippen LogP contribution in [0, 0.1) is 6.92 Å². The first kappa shape index (κ1) is 18.3. The van der Waals surface area contributed by atoms with E-state index < -0.39 is 22.9 Å². The molecule has 0 fully saturated rings. The number of anilines is 1. The second kappa shape index (κ2) is 7.02. The molecule has 1 aromatic heterocycles. The molecule has 10 heteroatoms. The molecule has 2 aromatic rings. The highest BCUT2D eigenvalue weighted by molar-refractivity contribution is 8.01. The topological polar surface area (TPSA) is 84.2 Å². The zero-order valence-electron chi connectivity index (χ0n) is 13.5. The number of aryl methyl sites for hydroxylation is 1. The highest BCUT2D eigenvalue weighted by Gasteiger charge is 2.34. The van der Waals surface area contributed by atoms with Gasteiger partial charge in [0.2, 0.25) is 11.8 Å². The largest absolute Gasteiger partial charge is 0.416 e. The van der Waals surface area contributed by atoms with Gasteiger partial charge in [-0.2, -0.15) is 13.2 Å². The van der Waals surface area contributed by atoms with Gasteiger partial charge in [-0.3, -0.25) is 9.59 Å². The monoisotopic (exact) mass is 385 g/mol. The fraction of sp³-hybridized carbons (Fsp3) is 0.312. The van der Waals surface area contributed by atoms with Crippen LogP contribution < -0.4 is 10.6 Å². The summed E-state index contributed by atoms with van der Waals surface area (Å²) in [5.41, 5.74) is -0.0504.